The van der Waals surface area contributed by atoms with Crippen molar-refractivity contribution < 1.29 is 28.0 Å². The first-order valence-electron chi connectivity index (χ1n) is 12.8. The van der Waals surface area contributed by atoms with Crippen molar-refractivity contribution in [2.24, 2.45) is 11.8 Å². The van der Waals surface area contributed by atoms with Crippen molar-refractivity contribution >= 4 is 32.8 Å². The first kappa shape index (κ1) is 28.9. The van der Waals surface area contributed by atoms with Gasteiger partial charge in [0.25, 0.3) is 5.91 Å². The van der Waals surface area contributed by atoms with Crippen molar-refractivity contribution in [3.63, 3.8) is 0 Å². The fourth-order valence-corrected chi connectivity index (χ4v) is 6.33. The summed E-state index contributed by atoms with van der Waals surface area (Å²) in [5.41, 5.74) is 1.07. The lowest BCUT2D eigenvalue weighted by Gasteiger charge is -2.39. The van der Waals surface area contributed by atoms with Gasteiger partial charge in [0.15, 0.2) is 0 Å². The number of rotatable bonds is 8. The minimum atomic E-state index is -4.09. The summed E-state index contributed by atoms with van der Waals surface area (Å²) in [5, 5.41) is 11.3. The highest BCUT2D eigenvalue weighted by Crippen LogP contribution is 2.31. The largest absolute Gasteiger partial charge is 0.444 e. The van der Waals surface area contributed by atoms with Crippen molar-refractivity contribution in [3.8, 4) is 0 Å². The Kier molecular flexibility index (Phi) is 9.20. The van der Waals surface area contributed by atoms with Crippen LogP contribution < -0.4 is 5.48 Å². The average Bonchev–Trinajstić information content (AvgIpc) is 2.84. The zero-order valence-electron chi connectivity index (χ0n) is 22.3. The van der Waals surface area contributed by atoms with Crippen LogP contribution in [0.1, 0.15) is 53.9 Å². The Hall–Kier alpha value is -2.69. The van der Waals surface area contributed by atoms with Gasteiger partial charge >= 0.3 is 6.09 Å². The fraction of sp³-hybridized carbons (Fsp3) is 0.556. The quantitative estimate of drug-likeness (QED) is 0.384. The Balaban J connectivity index is 1.93. The molecule has 1 atom stereocenters. The SMILES string of the molecule is CC(C)CCN([C@@H](C(=O)NO)C1CCN(C(=O)OC(C)(C)C)CC1)S(=O)(=O)c1ccc2ccccc2c1. The topological polar surface area (TPSA) is 116 Å². The summed E-state index contributed by atoms with van der Waals surface area (Å²) in [6.07, 6.45) is 0.888. The number of piperidine rings is 1. The van der Waals surface area contributed by atoms with Crippen LogP contribution in [0.15, 0.2) is 47.4 Å². The lowest BCUT2D eigenvalue weighted by Crippen LogP contribution is -2.55. The number of nitrogens with zero attached hydrogens (tertiary/aromatic N) is 2. The zero-order valence-corrected chi connectivity index (χ0v) is 23.1. The predicted molar refractivity (Wildman–Crippen MR) is 142 cm³/mol. The van der Waals surface area contributed by atoms with Crippen LogP contribution in [0.4, 0.5) is 4.79 Å². The molecule has 1 saturated heterocycles. The van der Waals surface area contributed by atoms with E-state index in [9.17, 15) is 23.2 Å². The van der Waals surface area contributed by atoms with Gasteiger partial charge in [0.05, 0.1) is 4.90 Å². The molecule has 1 heterocycles. The van der Waals surface area contributed by atoms with Gasteiger partial charge in [-0.3, -0.25) is 10.0 Å². The number of hydroxylamine groups is 1. The van der Waals surface area contributed by atoms with Crippen molar-refractivity contribution in [1.29, 1.82) is 0 Å². The molecule has 9 nitrogen and oxygen atoms in total. The summed E-state index contributed by atoms with van der Waals surface area (Å²) in [4.78, 5) is 27.2. The van der Waals surface area contributed by atoms with Crippen LogP contribution >= 0.6 is 0 Å². The number of carbonyl (C=O) groups excluding carboxylic acids is 2. The molecule has 1 aliphatic heterocycles. The standard InChI is InChI=1S/C27H39N3O6S/c1-19(2)12-17-30(37(34,35)23-11-10-20-8-6-7-9-22(20)18-23)24(25(31)28-33)21-13-15-29(16-14-21)26(32)36-27(3,4)5/h6-11,18-19,21,24,33H,12-17H2,1-5H3,(H,28,31)/t24-/m1/s1. The Morgan fingerprint density at radius 2 is 1.73 bits per heavy atom. The van der Waals surface area contributed by atoms with Crippen LogP contribution in [0.3, 0.4) is 0 Å². The monoisotopic (exact) mass is 533 g/mol. The molecule has 0 aliphatic carbocycles. The predicted octanol–water partition coefficient (Wildman–Crippen LogP) is 4.40. The molecular formula is C27H39N3O6S. The van der Waals surface area contributed by atoms with E-state index < -0.39 is 39.6 Å². The number of amides is 2. The Morgan fingerprint density at radius 3 is 2.30 bits per heavy atom. The fourth-order valence-electron chi connectivity index (χ4n) is 4.63. The highest BCUT2D eigenvalue weighted by molar-refractivity contribution is 7.89. The molecule has 0 radical (unpaired) electrons. The van der Waals surface area contributed by atoms with E-state index in [0.29, 0.717) is 32.4 Å². The summed E-state index contributed by atoms with van der Waals surface area (Å²) >= 11 is 0. The molecule has 2 N–H and O–H groups in total. The number of sulfonamides is 1. The van der Waals surface area contributed by atoms with Crippen molar-refractivity contribution in [3.05, 3.63) is 42.5 Å². The molecule has 0 spiro atoms. The first-order valence-corrected chi connectivity index (χ1v) is 14.2. The van der Waals surface area contributed by atoms with E-state index in [1.54, 1.807) is 49.4 Å². The third kappa shape index (κ3) is 7.21. The number of likely N-dealkylation sites (tertiary alicyclic amines) is 1. The molecule has 0 unspecified atom stereocenters. The highest BCUT2D eigenvalue weighted by atomic mass is 32.2. The minimum Gasteiger partial charge on any atom is -0.444 e. The zero-order chi connectivity index (χ0) is 27.4. The van der Waals surface area contributed by atoms with Gasteiger partial charge in [0.2, 0.25) is 10.0 Å². The Morgan fingerprint density at radius 1 is 1.11 bits per heavy atom. The number of benzene rings is 2. The van der Waals surface area contributed by atoms with Gasteiger partial charge in [-0.05, 0) is 74.8 Å². The number of carbonyl (C=O) groups is 2. The molecule has 1 fully saturated rings. The Labute approximate surface area is 219 Å². The van der Waals surface area contributed by atoms with Crippen molar-refractivity contribution in [2.45, 2.75) is 70.4 Å². The molecule has 3 rings (SSSR count). The summed E-state index contributed by atoms with van der Waals surface area (Å²) < 4.78 is 34.7. The molecule has 2 aromatic carbocycles. The number of nitrogens with one attached hydrogen (secondary N) is 1. The lowest BCUT2D eigenvalue weighted by molar-refractivity contribution is -0.135. The van der Waals surface area contributed by atoms with Crippen molar-refractivity contribution in [2.75, 3.05) is 19.6 Å². The van der Waals surface area contributed by atoms with Gasteiger partial charge in [-0.1, -0.05) is 44.2 Å². The maximum absolute atomic E-state index is 14.0. The van der Waals surface area contributed by atoms with Crippen molar-refractivity contribution in [1.82, 2.24) is 14.7 Å². The van der Waals surface area contributed by atoms with Gasteiger partial charge in [-0.15, -0.1) is 0 Å². The normalized spacial score (nSPS) is 16.3. The number of hydrogen-bond acceptors (Lipinski definition) is 6. The molecular weight excluding hydrogens is 494 g/mol. The van der Waals surface area contributed by atoms with E-state index >= 15 is 0 Å². The molecule has 1 aliphatic rings. The summed E-state index contributed by atoms with van der Waals surface area (Å²) in [7, 11) is -4.09. The lowest BCUT2D eigenvalue weighted by atomic mass is 9.88. The molecule has 204 valence electrons. The summed E-state index contributed by atoms with van der Waals surface area (Å²) in [6, 6.07) is 11.3. The first-order chi connectivity index (χ1) is 17.3. The second-order valence-electron chi connectivity index (χ2n) is 11.0. The number of fused-ring (bicyclic) bond motifs is 1. The van der Waals surface area contributed by atoms with Crippen LogP contribution in [0.2, 0.25) is 0 Å². The molecule has 2 amide bonds. The summed E-state index contributed by atoms with van der Waals surface area (Å²) in [5.74, 6) is -0.974. The van der Waals surface area contributed by atoms with Crippen LogP contribution in [0.5, 0.6) is 0 Å². The van der Waals surface area contributed by atoms with E-state index in [1.165, 1.54) is 4.31 Å². The summed E-state index contributed by atoms with van der Waals surface area (Å²) in [6.45, 7) is 10.1. The minimum absolute atomic E-state index is 0.0943. The Bertz CT molecular complexity index is 1200. The molecule has 0 bridgehead atoms. The van der Waals surface area contributed by atoms with Crippen LogP contribution in [0, 0.1) is 11.8 Å². The van der Waals surface area contributed by atoms with Crippen LogP contribution in [-0.4, -0.2) is 66.1 Å². The van der Waals surface area contributed by atoms with E-state index in [2.05, 4.69) is 0 Å². The smallest absolute Gasteiger partial charge is 0.410 e. The molecule has 37 heavy (non-hydrogen) atoms. The van der Waals surface area contributed by atoms with Gasteiger partial charge in [-0.2, -0.15) is 4.31 Å². The van der Waals surface area contributed by atoms with Gasteiger partial charge in [0.1, 0.15) is 11.6 Å². The van der Waals surface area contributed by atoms with Gasteiger partial charge < -0.3 is 9.64 Å². The molecule has 0 aromatic heterocycles. The number of hydrogen-bond donors (Lipinski definition) is 2. The van der Waals surface area contributed by atoms with Crippen LogP contribution in [0.25, 0.3) is 10.8 Å². The number of ether oxygens (including phenoxy) is 1. The average molecular weight is 534 g/mol. The van der Waals surface area contributed by atoms with Crippen LogP contribution in [-0.2, 0) is 19.6 Å². The molecule has 10 heteroatoms. The molecule has 2 aromatic rings. The third-order valence-electron chi connectivity index (χ3n) is 6.58. The van der Waals surface area contributed by atoms with E-state index in [0.717, 1.165) is 10.8 Å². The van der Waals surface area contributed by atoms with Gasteiger partial charge in [-0.25, -0.2) is 18.7 Å². The maximum atomic E-state index is 14.0. The van der Waals surface area contributed by atoms with E-state index in [4.69, 9.17) is 4.74 Å². The maximum Gasteiger partial charge on any atom is 0.410 e. The molecule has 0 saturated carbocycles. The van der Waals surface area contributed by atoms with E-state index in [-0.39, 0.29) is 17.4 Å². The second kappa shape index (κ2) is 11.8. The second-order valence-corrected chi connectivity index (χ2v) is 12.9. The van der Waals surface area contributed by atoms with Gasteiger partial charge in [0, 0.05) is 19.6 Å². The van der Waals surface area contributed by atoms with E-state index in [1.807, 2.05) is 38.1 Å². The highest BCUT2D eigenvalue weighted by Gasteiger charge is 2.42. The third-order valence-corrected chi connectivity index (χ3v) is 8.46.